The quantitative estimate of drug-likeness (QED) is 0.121. The molecule has 0 radical (unpaired) electrons. The number of fused-ring (bicyclic) bond motifs is 2. The van der Waals surface area contributed by atoms with Gasteiger partial charge in [0.05, 0.1) is 10.7 Å². The highest BCUT2D eigenvalue weighted by molar-refractivity contribution is 7.60. The topological polar surface area (TPSA) is 135 Å². The van der Waals surface area contributed by atoms with Gasteiger partial charge in [-0.15, -0.1) is 4.73 Å². The van der Waals surface area contributed by atoms with Gasteiger partial charge in [-0.3, -0.25) is 4.57 Å². The number of rotatable bonds is 11. The fraction of sp³-hybridized carbons (Fsp3) is 0.371. The zero-order chi connectivity index (χ0) is 33.4. The molecule has 46 heavy (non-hydrogen) atoms. The lowest BCUT2D eigenvalue weighted by Gasteiger charge is -2.25. The zero-order valence-corrected chi connectivity index (χ0v) is 27.9. The SMILES string of the molecule is CCN1C(=CC=CC2=[N+](CCCCCC(=O)On3c(O)ccc3O)c3ccccc3C2(C)C)C(C)(C)c2cc(P(=O)(O)O)ccc21. The minimum Gasteiger partial charge on any atom is -0.492 e. The van der Waals surface area contributed by atoms with Crippen molar-refractivity contribution >= 4 is 36.0 Å². The highest BCUT2D eigenvalue weighted by Gasteiger charge is 2.44. The highest BCUT2D eigenvalue weighted by Crippen LogP contribution is 2.49. The Kier molecular flexibility index (Phi) is 9.10. The van der Waals surface area contributed by atoms with E-state index in [9.17, 15) is 29.4 Å². The Hall–Kier alpha value is -4.11. The lowest BCUT2D eigenvalue weighted by atomic mass is 9.81. The van der Waals surface area contributed by atoms with Gasteiger partial charge in [-0.1, -0.05) is 38.1 Å². The van der Waals surface area contributed by atoms with Gasteiger partial charge in [-0.2, -0.15) is 4.58 Å². The van der Waals surface area contributed by atoms with Crippen LogP contribution in [0.5, 0.6) is 11.8 Å². The second kappa shape index (κ2) is 12.6. The van der Waals surface area contributed by atoms with Crippen molar-refractivity contribution in [3.63, 3.8) is 0 Å². The zero-order valence-electron chi connectivity index (χ0n) is 27.0. The smallest absolute Gasteiger partial charge is 0.356 e. The summed E-state index contributed by atoms with van der Waals surface area (Å²) >= 11 is 0. The minimum absolute atomic E-state index is 0.0280. The maximum atomic E-state index is 12.3. The summed E-state index contributed by atoms with van der Waals surface area (Å²) in [6, 6.07) is 15.9. The maximum Gasteiger partial charge on any atom is 0.356 e. The third kappa shape index (κ3) is 6.17. The molecule has 1 aromatic heterocycles. The average molecular weight is 649 g/mol. The minimum atomic E-state index is -4.38. The number of aromatic hydroxyl groups is 2. The molecule has 3 aromatic rings. The summed E-state index contributed by atoms with van der Waals surface area (Å²) in [5.41, 5.74) is 5.76. The maximum absolute atomic E-state index is 12.3. The van der Waals surface area contributed by atoms with Gasteiger partial charge in [-0.25, -0.2) is 4.79 Å². The monoisotopic (exact) mass is 648 g/mol. The van der Waals surface area contributed by atoms with Gasteiger partial charge >= 0.3 is 13.6 Å². The predicted molar refractivity (Wildman–Crippen MR) is 178 cm³/mol. The van der Waals surface area contributed by atoms with Crippen LogP contribution in [0.25, 0.3) is 0 Å². The summed E-state index contributed by atoms with van der Waals surface area (Å²) in [6.07, 6.45) is 8.73. The number of hydrogen-bond acceptors (Lipinski definition) is 6. The molecule has 0 unspecified atom stereocenters. The normalized spacial score (nSPS) is 17.6. The van der Waals surface area contributed by atoms with Gasteiger partial charge in [0.15, 0.2) is 5.71 Å². The number of carbonyl (C=O) groups is 1. The van der Waals surface area contributed by atoms with Crippen molar-refractivity contribution in [3.8, 4) is 11.8 Å². The summed E-state index contributed by atoms with van der Waals surface area (Å²) < 4.78 is 15.1. The van der Waals surface area contributed by atoms with E-state index in [1.54, 1.807) is 12.1 Å². The Bertz CT molecular complexity index is 1780. The molecule has 0 amide bonds. The van der Waals surface area contributed by atoms with Crippen LogP contribution in [0.2, 0.25) is 0 Å². The van der Waals surface area contributed by atoms with E-state index in [0.717, 1.165) is 47.7 Å². The lowest BCUT2D eigenvalue weighted by molar-refractivity contribution is -0.438. The number of likely N-dealkylation sites (N-methyl/N-ethyl adjacent to an activating group) is 1. The first kappa shape index (κ1) is 33.3. The molecule has 0 bridgehead atoms. The van der Waals surface area contributed by atoms with Gasteiger partial charge in [0.1, 0.15) is 6.54 Å². The van der Waals surface area contributed by atoms with Crippen LogP contribution in [-0.2, 0) is 20.2 Å². The average Bonchev–Trinajstić information content (AvgIpc) is 3.51. The molecule has 0 saturated carbocycles. The molecule has 2 aromatic carbocycles. The first-order valence-electron chi connectivity index (χ1n) is 15.6. The van der Waals surface area contributed by atoms with Crippen molar-refractivity contribution in [1.29, 1.82) is 0 Å². The van der Waals surface area contributed by atoms with Crippen LogP contribution in [0.15, 0.2) is 78.5 Å². The molecule has 10 nitrogen and oxygen atoms in total. The molecular formula is C35H43N3O7P+. The van der Waals surface area contributed by atoms with Crippen LogP contribution in [0, 0.1) is 0 Å². The number of benzene rings is 2. The molecule has 3 heterocycles. The number of carbonyl (C=O) groups excluding carboxylic acids is 1. The van der Waals surface area contributed by atoms with Gasteiger partial charge in [-0.05, 0) is 63.5 Å². The lowest BCUT2D eigenvalue weighted by Crippen LogP contribution is -2.28. The molecule has 0 fully saturated rings. The Balaban J connectivity index is 1.35. The van der Waals surface area contributed by atoms with Crippen molar-refractivity contribution in [2.24, 2.45) is 0 Å². The molecule has 2 aliphatic heterocycles. The summed E-state index contributed by atoms with van der Waals surface area (Å²) in [6.45, 7) is 12.1. The van der Waals surface area contributed by atoms with Gasteiger partial charge in [0.25, 0.3) is 0 Å². The Morgan fingerprint density at radius 3 is 2.30 bits per heavy atom. The molecule has 11 heteroatoms. The number of aromatic nitrogens is 1. The number of hydrogen-bond donors (Lipinski definition) is 4. The van der Waals surface area contributed by atoms with Crippen molar-refractivity contribution in [2.45, 2.75) is 71.1 Å². The summed E-state index contributed by atoms with van der Waals surface area (Å²) in [5.74, 6) is -1.22. The van der Waals surface area contributed by atoms with E-state index in [1.165, 1.54) is 23.8 Å². The molecule has 5 rings (SSSR count). The third-order valence-electron chi connectivity index (χ3n) is 9.09. The van der Waals surface area contributed by atoms with Crippen molar-refractivity contribution in [2.75, 3.05) is 18.0 Å². The standard InChI is InChI=1S/C35H42N3O7P/c1-6-36-28-19-18-24(46(42,43)44)23-26(28)35(4,5)29(36)15-12-16-30-34(2,3)25-13-9-10-14-27(25)37(30)22-11-7-8-17-33(41)45-38-31(39)20-21-32(38)40/h9-10,12-16,18-21,23H,6-8,11,17,22H2,1-5H3,(H3-,39,40,42,43,44)/p+1. The largest absolute Gasteiger partial charge is 0.492 e. The van der Waals surface area contributed by atoms with Gasteiger partial charge < -0.3 is 29.7 Å². The highest BCUT2D eigenvalue weighted by atomic mass is 31.2. The van der Waals surface area contributed by atoms with E-state index >= 15 is 0 Å². The first-order valence-corrected chi connectivity index (χ1v) is 17.2. The molecule has 4 N–H and O–H groups in total. The van der Waals surface area contributed by atoms with Crippen molar-refractivity contribution in [3.05, 3.63) is 89.6 Å². The second-order valence-electron chi connectivity index (χ2n) is 12.8. The number of allylic oxidation sites excluding steroid dienone is 4. The van der Waals surface area contributed by atoms with Gasteiger partial charge in [0, 0.05) is 66.0 Å². The summed E-state index contributed by atoms with van der Waals surface area (Å²) in [4.78, 5) is 39.1. The molecule has 0 aliphatic carbocycles. The fourth-order valence-electron chi connectivity index (χ4n) is 6.66. The van der Waals surface area contributed by atoms with Crippen LogP contribution in [0.3, 0.4) is 0 Å². The fourth-order valence-corrected chi connectivity index (χ4v) is 7.22. The van der Waals surface area contributed by atoms with Crippen molar-refractivity contribution < 1.29 is 38.8 Å². The number of anilines is 1. The van der Waals surface area contributed by atoms with Crippen LogP contribution >= 0.6 is 7.60 Å². The third-order valence-corrected chi connectivity index (χ3v) is 10.0. The Morgan fingerprint density at radius 2 is 1.63 bits per heavy atom. The molecular weight excluding hydrogens is 605 g/mol. The second-order valence-corrected chi connectivity index (χ2v) is 14.4. The van der Waals surface area contributed by atoms with Crippen molar-refractivity contribution in [1.82, 2.24) is 4.73 Å². The van der Waals surface area contributed by atoms with E-state index < -0.39 is 19.0 Å². The van der Waals surface area contributed by atoms with E-state index in [1.807, 2.05) is 6.07 Å². The predicted octanol–water partition coefficient (Wildman–Crippen LogP) is 5.55. The van der Waals surface area contributed by atoms with Crippen LogP contribution in [-0.4, -0.2) is 54.1 Å². The molecule has 0 atom stereocenters. The molecule has 2 aliphatic rings. The van der Waals surface area contributed by atoms with E-state index in [4.69, 9.17) is 4.84 Å². The van der Waals surface area contributed by atoms with E-state index in [0.29, 0.717) is 17.7 Å². The summed E-state index contributed by atoms with van der Waals surface area (Å²) in [5, 5.41) is 19.4. The molecule has 244 valence electrons. The van der Waals surface area contributed by atoms with Crippen LogP contribution in [0.4, 0.5) is 11.4 Å². The Morgan fingerprint density at radius 1 is 0.935 bits per heavy atom. The molecule has 0 spiro atoms. The van der Waals surface area contributed by atoms with E-state index in [2.05, 4.69) is 80.5 Å². The van der Waals surface area contributed by atoms with Gasteiger partial charge in [0.2, 0.25) is 17.4 Å². The van der Waals surface area contributed by atoms with Crippen LogP contribution in [0.1, 0.15) is 71.4 Å². The van der Waals surface area contributed by atoms with Crippen LogP contribution < -0.4 is 15.0 Å². The van der Waals surface area contributed by atoms with E-state index in [-0.39, 0.29) is 28.9 Å². The molecule has 0 saturated heterocycles. The first-order chi connectivity index (χ1) is 21.7. The Labute approximate surface area is 269 Å². The summed E-state index contributed by atoms with van der Waals surface area (Å²) in [7, 11) is -4.38. The number of nitrogens with zero attached hydrogens (tertiary/aromatic N) is 3. The number of para-hydroxylation sites is 1. The number of unbranched alkanes of at least 4 members (excludes halogenated alkanes) is 2.